The van der Waals surface area contributed by atoms with Crippen LogP contribution in [0.15, 0.2) is 73.1 Å². The zero-order valence-electron chi connectivity index (χ0n) is 21.8. The number of aromatic nitrogens is 1. The molecule has 2 unspecified atom stereocenters. The van der Waals surface area contributed by atoms with Gasteiger partial charge in [0.2, 0.25) is 5.91 Å². The highest BCUT2D eigenvalue weighted by atomic mass is 19.1. The number of alkyl halides is 1. The Kier molecular flexibility index (Phi) is 8.49. The fourth-order valence-corrected chi connectivity index (χ4v) is 5.32. The van der Waals surface area contributed by atoms with Crippen LogP contribution in [0, 0.1) is 0 Å². The Labute approximate surface area is 218 Å². The average molecular weight is 502 g/mol. The average Bonchev–Trinajstić information content (AvgIpc) is 3.31. The van der Waals surface area contributed by atoms with Gasteiger partial charge in [0, 0.05) is 31.2 Å². The summed E-state index contributed by atoms with van der Waals surface area (Å²) in [6.45, 7) is 5.73. The highest BCUT2D eigenvalue weighted by Crippen LogP contribution is 2.36. The van der Waals surface area contributed by atoms with Crippen LogP contribution in [0.2, 0.25) is 0 Å². The van der Waals surface area contributed by atoms with Crippen LogP contribution in [-0.2, 0) is 9.59 Å². The van der Waals surface area contributed by atoms with Crippen LogP contribution in [0.3, 0.4) is 0 Å². The number of pyridine rings is 1. The Bertz CT molecular complexity index is 1210. The molecule has 1 saturated heterocycles. The third kappa shape index (κ3) is 6.13. The Morgan fingerprint density at radius 3 is 2.30 bits per heavy atom. The van der Waals surface area contributed by atoms with E-state index in [9.17, 15) is 14.0 Å². The standard InChI is InChI=1S/C31H36FN3O2/c1-20(2)22-10-12-23(13-11-22)31(33)28-9-5-4-8-27(28)26(24-7-6-16-34-18-24)14-15-30(37)35-19-25(32)17-29(35)21(3)36/h4-13,16,18,20,25-26,29,31H,14-15,17,19,33H2,1-3H3/t25-,26?,29?,31-/m1/s1. The zero-order chi connectivity index (χ0) is 26.5. The molecule has 0 saturated carbocycles. The molecule has 2 heterocycles. The lowest BCUT2D eigenvalue weighted by Crippen LogP contribution is -2.39. The molecule has 0 spiro atoms. The lowest BCUT2D eigenvalue weighted by Gasteiger charge is -2.26. The number of halogens is 1. The summed E-state index contributed by atoms with van der Waals surface area (Å²) in [6.07, 6.45) is 3.17. The van der Waals surface area contributed by atoms with E-state index in [0.717, 1.165) is 22.3 Å². The molecule has 0 bridgehead atoms. The number of carbonyl (C=O) groups is 2. The van der Waals surface area contributed by atoms with Crippen molar-refractivity contribution in [3.63, 3.8) is 0 Å². The summed E-state index contributed by atoms with van der Waals surface area (Å²) in [5.41, 5.74) is 12.1. The molecule has 2 aromatic carbocycles. The number of nitrogens with zero attached hydrogens (tertiary/aromatic N) is 2. The predicted molar refractivity (Wildman–Crippen MR) is 144 cm³/mol. The highest BCUT2D eigenvalue weighted by Gasteiger charge is 2.38. The normalized spacial score (nSPS) is 19.1. The quantitative estimate of drug-likeness (QED) is 0.408. The number of ketones is 1. The van der Waals surface area contributed by atoms with Gasteiger partial charge in [0.1, 0.15) is 6.17 Å². The van der Waals surface area contributed by atoms with E-state index in [2.05, 4.69) is 49.2 Å². The van der Waals surface area contributed by atoms with Crippen LogP contribution < -0.4 is 5.73 Å². The number of hydrogen-bond donors (Lipinski definition) is 1. The van der Waals surface area contributed by atoms with Gasteiger partial charge in [-0.3, -0.25) is 14.6 Å². The van der Waals surface area contributed by atoms with Gasteiger partial charge in [-0.05, 0) is 53.1 Å². The second-order valence-corrected chi connectivity index (χ2v) is 10.3. The first-order chi connectivity index (χ1) is 17.8. The molecule has 194 valence electrons. The van der Waals surface area contributed by atoms with E-state index < -0.39 is 12.2 Å². The molecule has 1 aliphatic rings. The van der Waals surface area contributed by atoms with Crippen LogP contribution in [-0.4, -0.2) is 40.3 Å². The van der Waals surface area contributed by atoms with Gasteiger partial charge in [-0.15, -0.1) is 0 Å². The van der Waals surface area contributed by atoms with Crippen LogP contribution in [0.1, 0.15) is 85.7 Å². The maximum absolute atomic E-state index is 14.1. The molecule has 1 amide bonds. The zero-order valence-corrected chi connectivity index (χ0v) is 21.8. The molecule has 0 radical (unpaired) electrons. The van der Waals surface area contributed by atoms with Gasteiger partial charge in [-0.2, -0.15) is 0 Å². The van der Waals surface area contributed by atoms with Crippen LogP contribution in [0.4, 0.5) is 4.39 Å². The molecule has 1 fully saturated rings. The van der Waals surface area contributed by atoms with Gasteiger partial charge in [0.15, 0.2) is 5.78 Å². The topological polar surface area (TPSA) is 76.3 Å². The minimum Gasteiger partial charge on any atom is -0.330 e. The molecule has 5 nitrogen and oxygen atoms in total. The van der Waals surface area contributed by atoms with Crippen molar-refractivity contribution in [2.75, 3.05) is 6.54 Å². The van der Waals surface area contributed by atoms with Crippen molar-refractivity contribution < 1.29 is 14.0 Å². The Morgan fingerprint density at radius 1 is 1.00 bits per heavy atom. The number of hydrogen-bond acceptors (Lipinski definition) is 4. The molecular formula is C31H36FN3O2. The molecular weight excluding hydrogens is 465 g/mol. The van der Waals surface area contributed by atoms with Crippen molar-refractivity contribution in [1.29, 1.82) is 0 Å². The summed E-state index contributed by atoms with van der Waals surface area (Å²) in [4.78, 5) is 30.9. The minimum atomic E-state index is -1.16. The SMILES string of the molecule is CC(=O)C1C[C@@H](F)CN1C(=O)CCC(c1cccnc1)c1ccccc1[C@H](N)c1ccc(C(C)C)cc1. The van der Waals surface area contributed by atoms with Gasteiger partial charge in [0.25, 0.3) is 0 Å². The fourth-order valence-electron chi connectivity index (χ4n) is 5.32. The summed E-state index contributed by atoms with van der Waals surface area (Å²) in [5.74, 6) is -0.0530. The van der Waals surface area contributed by atoms with E-state index in [4.69, 9.17) is 5.73 Å². The Morgan fingerprint density at radius 2 is 1.68 bits per heavy atom. The minimum absolute atomic E-state index is 0.0194. The van der Waals surface area contributed by atoms with Crippen LogP contribution >= 0.6 is 0 Å². The van der Waals surface area contributed by atoms with Crippen molar-refractivity contribution in [3.8, 4) is 0 Å². The van der Waals surface area contributed by atoms with Crippen molar-refractivity contribution in [1.82, 2.24) is 9.88 Å². The number of rotatable bonds is 9. The molecule has 37 heavy (non-hydrogen) atoms. The number of carbonyl (C=O) groups excluding carboxylic acids is 2. The number of Topliss-reactive ketones (excluding diaryl/α,β-unsaturated/α-hetero) is 1. The molecule has 1 aromatic heterocycles. The van der Waals surface area contributed by atoms with Crippen molar-refractivity contribution in [2.45, 2.75) is 70.1 Å². The van der Waals surface area contributed by atoms with Gasteiger partial charge >= 0.3 is 0 Å². The third-order valence-corrected chi connectivity index (χ3v) is 7.44. The first-order valence-corrected chi connectivity index (χ1v) is 13.0. The molecule has 2 N–H and O–H groups in total. The van der Waals surface area contributed by atoms with E-state index in [0.29, 0.717) is 12.3 Å². The second-order valence-electron chi connectivity index (χ2n) is 10.3. The van der Waals surface area contributed by atoms with E-state index in [1.807, 2.05) is 36.5 Å². The summed E-state index contributed by atoms with van der Waals surface area (Å²) in [6, 6.07) is 19.4. The smallest absolute Gasteiger partial charge is 0.223 e. The van der Waals surface area contributed by atoms with Gasteiger partial charge in [-0.1, -0.05) is 68.4 Å². The number of likely N-dealkylation sites (tertiary alicyclic amines) is 1. The second kappa shape index (κ2) is 11.8. The molecule has 4 atom stereocenters. The summed E-state index contributed by atoms with van der Waals surface area (Å²) < 4.78 is 14.1. The van der Waals surface area contributed by atoms with Gasteiger partial charge in [0.05, 0.1) is 18.6 Å². The van der Waals surface area contributed by atoms with E-state index in [1.165, 1.54) is 17.4 Å². The van der Waals surface area contributed by atoms with E-state index >= 15 is 0 Å². The molecule has 3 aromatic rings. The van der Waals surface area contributed by atoms with Crippen LogP contribution in [0.5, 0.6) is 0 Å². The first kappa shape index (κ1) is 26.7. The lowest BCUT2D eigenvalue weighted by atomic mass is 9.82. The van der Waals surface area contributed by atoms with E-state index in [1.54, 1.807) is 6.20 Å². The van der Waals surface area contributed by atoms with E-state index in [-0.39, 0.29) is 43.0 Å². The fraction of sp³-hybridized carbons (Fsp3) is 0.387. The van der Waals surface area contributed by atoms with Crippen LogP contribution in [0.25, 0.3) is 0 Å². The van der Waals surface area contributed by atoms with Crippen molar-refractivity contribution in [3.05, 3.63) is 101 Å². The Balaban J connectivity index is 1.62. The number of nitrogens with two attached hydrogens (primary N) is 1. The Hall–Kier alpha value is -3.38. The molecule has 6 heteroatoms. The molecule has 1 aliphatic heterocycles. The monoisotopic (exact) mass is 501 g/mol. The third-order valence-electron chi connectivity index (χ3n) is 7.44. The predicted octanol–water partition coefficient (Wildman–Crippen LogP) is 5.69. The maximum atomic E-state index is 14.1. The lowest BCUT2D eigenvalue weighted by molar-refractivity contribution is -0.137. The van der Waals surface area contributed by atoms with Gasteiger partial charge in [-0.25, -0.2) is 4.39 Å². The summed E-state index contributed by atoms with van der Waals surface area (Å²) >= 11 is 0. The van der Waals surface area contributed by atoms with Crippen molar-refractivity contribution in [2.24, 2.45) is 5.73 Å². The molecule has 0 aliphatic carbocycles. The number of amides is 1. The largest absolute Gasteiger partial charge is 0.330 e. The maximum Gasteiger partial charge on any atom is 0.223 e. The molecule has 4 rings (SSSR count). The first-order valence-electron chi connectivity index (χ1n) is 13.0. The summed E-state index contributed by atoms with van der Waals surface area (Å²) in [7, 11) is 0. The highest BCUT2D eigenvalue weighted by molar-refractivity contribution is 5.88. The number of benzene rings is 2. The summed E-state index contributed by atoms with van der Waals surface area (Å²) in [5, 5.41) is 0. The van der Waals surface area contributed by atoms with Crippen molar-refractivity contribution >= 4 is 11.7 Å². The van der Waals surface area contributed by atoms with Gasteiger partial charge < -0.3 is 10.6 Å².